The minimum absolute atomic E-state index is 0.178. The molecule has 1 heterocycles. The number of hydrogen-bond donors (Lipinski definition) is 1. The summed E-state index contributed by atoms with van der Waals surface area (Å²) in [5, 5.41) is 11.9. The van der Waals surface area contributed by atoms with Crippen molar-refractivity contribution in [2.24, 2.45) is 0 Å². The molecule has 1 aliphatic carbocycles. The van der Waals surface area contributed by atoms with Crippen LogP contribution in [0.15, 0.2) is 22.5 Å². The molecule has 0 bridgehead atoms. The molecule has 0 aliphatic heterocycles. The van der Waals surface area contributed by atoms with Gasteiger partial charge in [-0.1, -0.05) is 49.9 Å². The number of rotatable bonds is 7. The molecule has 0 spiro atoms. The Labute approximate surface area is 162 Å². The Bertz CT molecular complexity index is 761. The minimum atomic E-state index is -0.540. The summed E-state index contributed by atoms with van der Waals surface area (Å²) in [6.07, 6.45) is 4.77. The summed E-state index contributed by atoms with van der Waals surface area (Å²) in [7, 11) is 0. The van der Waals surface area contributed by atoms with Crippen molar-refractivity contribution < 1.29 is 9.53 Å². The number of aryl methyl sites for hydroxylation is 2. The minimum Gasteiger partial charge on any atom is -0.481 e. The van der Waals surface area contributed by atoms with Gasteiger partial charge in [0.05, 0.1) is 0 Å². The second-order valence-corrected chi connectivity index (χ2v) is 9.48. The number of thioether (sulfide) groups is 1. The number of hydrogen-bond acceptors (Lipinski definition) is 6. The van der Waals surface area contributed by atoms with Crippen LogP contribution in [0.2, 0.25) is 0 Å². The first-order chi connectivity index (χ1) is 12.5. The Balaban J connectivity index is 1.62. The maximum Gasteiger partial charge on any atom is 0.267 e. The molecule has 2 aromatic rings. The van der Waals surface area contributed by atoms with Crippen molar-refractivity contribution in [3.8, 4) is 5.75 Å². The molecule has 0 saturated heterocycles. The molecule has 7 heteroatoms. The zero-order valence-electron chi connectivity index (χ0n) is 15.4. The number of carbonyl (C=O) groups is 1. The summed E-state index contributed by atoms with van der Waals surface area (Å²) in [4.78, 5) is 12.6. The highest BCUT2D eigenvalue weighted by molar-refractivity contribution is 8.01. The fourth-order valence-corrected chi connectivity index (χ4v) is 4.94. The maximum absolute atomic E-state index is 12.6. The van der Waals surface area contributed by atoms with E-state index in [0.29, 0.717) is 16.8 Å². The second-order valence-electron chi connectivity index (χ2n) is 6.68. The summed E-state index contributed by atoms with van der Waals surface area (Å²) in [6, 6.07) is 6.20. The molecule has 0 radical (unpaired) electrons. The molecule has 1 N–H and O–H groups in total. The van der Waals surface area contributed by atoms with Crippen LogP contribution >= 0.6 is 23.1 Å². The first kappa shape index (κ1) is 19.2. The van der Waals surface area contributed by atoms with E-state index in [4.69, 9.17) is 4.74 Å². The normalized spacial score (nSPS) is 14.8. The number of nitrogens with zero attached hydrogens (tertiary/aromatic N) is 2. The van der Waals surface area contributed by atoms with Gasteiger partial charge in [0.15, 0.2) is 10.4 Å². The Morgan fingerprint density at radius 2 is 2.04 bits per heavy atom. The van der Waals surface area contributed by atoms with Gasteiger partial charge >= 0.3 is 0 Å². The van der Waals surface area contributed by atoms with Gasteiger partial charge in [0, 0.05) is 5.25 Å². The zero-order valence-corrected chi connectivity index (χ0v) is 17.1. The number of carbonyl (C=O) groups excluding carboxylic acids is 1. The lowest BCUT2D eigenvalue weighted by atomic mass is 9.92. The predicted molar refractivity (Wildman–Crippen MR) is 107 cm³/mol. The Kier molecular flexibility index (Phi) is 6.53. The van der Waals surface area contributed by atoms with Crippen molar-refractivity contribution in [3.05, 3.63) is 29.3 Å². The van der Waals surface area contributed by atoms with E-state index in [0.717, 1.165) is 22.9 Å². The van der Waals surface area contributed by atoms with Crippen LogP contribution in [0, 0.1) is 0 Å². The standard InChI is InChI=1S/C19H25N3O2S2/c1-4-16(17(23)20-18-21-22-19(26-18)25-12(2)3)24-15-10-9-13-7-5-6-8-14(13)11-15/h9-12,16H,4-8H2,1-3H3,(H,20,21,23). The zero-order chi connectivity index (χ0) is 18.5. The molecule has 1 aromatic carbocycles. The monoisotopic (exact) mass is 391 g/mol. The smallest absolute Gasteiger partial charge is 0.267 e. The molecule has 0 fully saturated rings. The maximum atomic E-state index is 12.6. The van der Waals surface area contributed by atoms with Gasteiger partial charge in [0.1, 0.15) is 5.75 Å². The third-order valence-electron chi connectivity index (χ3n) is 4.23. The molecule has 3 rings (SSSR count). The van der Waals surface area contributed by atoms with Gasteiger partial charge in [0.25, 0.3) is 5.91 Å². The molecule has 140 valence electrons. The van der Waals surface area contributed by atoms with E-state index < -0.39 is 6.10 Å². The van der Waals surface area contributed by atoms with Crippen LogP contribution in [0.5, 0.6) is 5.75 Å². The van der Waals surface area contributed by atoms with Gasteiger partial charge < -0.3 is 4.74 Å². The van der Waals surface area contributed by atoms with Crippen molar-refractivity contribution in [1.29, 1.82) is 0 Å². The molecule has 1 unspecified atom stereocenters. The fraction of sp³-hybridized carbons (Fsp3) is 0.526. The van der Waals surface area contributed by atoms with Gasteiger partial charge in [-0.05, 0) is 55.4 Å². The van der Waals surface area contributed by atoms with Gasteiger partial charge in [0.2, 0.25) is 5.13 Å². The first-order valence-electron chi connectivity index (χ1n) is 9.14. The average Bonchev–Trinajstić information content (AvgIpc) is 3.05. The van der Waals surface area contributed by atoms with Crippen molar-refractivity contribution in [3.63, 3.8) is 0 Å². The molecular weight excluding hydrogens is 366 g/mol. The van der Waals surface area contributed by atoms with Gasteiger partial charge in [-0.3, -0.25) is 10.1 Å². The Morgan fingerprint density at radius 3 is 2.77 bits per heavy atom. The number of aromatic nitrogens is 2. The molecule has 26 heavy (non-hydrogen) atoms. The van der Waals surface area contributed by atoms with E-state index in [9.17, 15) is 4.79 Å². The van der Waals surface area contributed by atoms with E-state index in [1.54, 1.807) is 11.8 Å². The van der Waals surface area contributed by atoms with E-state index in [2.05, 4.69) is 41.5 Å². The SMILES string of the molecule is CCC(Oc1ccc2c(c1)CCCC2)C(=O)Nc1nnc(SC(C)C)s1. The summed E-state index contributed by atoms with van der Waals surface area (Å²) in [5.41, 5.74) is 2.76. The second kappa shape index (κ2) is 8.86. The lowest BCUT2D eigenvalue weighted by Crippen LogP contribution is -2.32. The third kappa shape index (κ3) is 4.98. The van der Waals surface area contributed by atoms with Crippen LogP contribution in [0.3, 0.4) is 0 Å². The van der Waals surface area contributed by atoms with Crippen LogP contribution in [-0.2, 0) is 17.6 Å². The highest BCUT2D eigenvalue weighted by Gasteiger charge is 2.21. The molecule has 1 atom stereocenters. The average molecular weight is 392 g/mol. The van der Waals surface area contributed by atoms with Crippen LogP contribution in [0.4, 0.5) is 5.13 Å². The molecule has 0 saturated carbocycles. The van der Waals surface area contributed by atoms with Crippen molar-refractivity contribution in [2.75, 3.05) is 5.32 Å². The Hall–Kier alpha value is -1.60. The van der Waals surface area contributed by atoms with E-state index in [1.165, 1.54) is 35.3 Å². The molecule has 5 nitrogen and oxygen atoms in total. The Morgan fingerprint density at radius 1 is 1.27 bits per heavy atom. The quantitative estimate of drug-likeness (QED) is 0.547. The van der Waals surface area contributed by atoms with Gasteiger partial charge in [-0.25, -0.2) is 0 Å². The largest absolute Gasteiger partial charge is 0.481 e. The van der Waals surface area contributed by atoms with Crippen LogP contribution < -0.4 is 10.1 Å². The van der Waals surface area contributed by atoms with Gasteiger partial charge in [-0.2, -0.15) is 0 Å². The van der Waals surface area contributed by atoms with Crippen LogP contribution in [0.25, 0.3) is 0 Å². The fourth-order valence-electron chi connectivity index (χ4n) is 2.97. The first-order valence-corrected chi connectivity index (χ1v) is 10.8. The highest BCUT2D eigenvalue weighted by atomic mass is 32.2. The summed E-state index contributed by atoms with van der Waals surface area (Å²) in [5.74, 6) is 0.587. The molecule has 1 aliphatic rings. The summed E-state index contributed by atoms with van der Waals surface area (Å²) < 4.78 is 6.83. The van der Waals surface area contributed by atoms with Crippen LogP contribution in [-0.4, -0.2) is 27.5 Å². The number of fused-ring (bicyclic) bond motifs is 1. The summed E-state index contributed by atoms with van der Waals surface area (Å²) >= 11 is 3.03. The molecular formula is C19H25N3O2S2. The van der Waals surface area contributed by atoms with Crippen LogP contribution in [0.1, 0.15) is 51.2 Å². The topological polar surface area (TPSA) is 64.1 Å². The van der Waals surface area contributed by atoms with E-state index in [1.807, 2.05) is 13.0 Å². The lowest BCUT2D eigenvalue weighted by Gasteiger charge is -2.20. The number of ether oxygens (including phenoxy) is 1. The lowest BCUT2D eigenvalue weighted by molar-refractivity contribution is -0.122. The molecule has 1 amide bonds. The predicted octanol–water partition coefficient (Wildman–Crippen LogP) is 4.71. The van der Waals surface area contributed by atoms with Crippen molar-refractivity contribution in [1.82, 2.24) is 10.2 Å². The number of nitrogens with one attached hydrogen (secondary N) is 1. The van der Waals surface area contributed by atoms with Gasteiger partial charge in [-0.15, -0.1) is 10.2 Å². The van der Waals surface area contributed by atoms with E-state index >= 15 is 0 Å². The number of benzene rings is 1. The third-order valence-corrected chi connectivity index (χ3v) is 6.16. The number of amides is 1. The van der Waals surface area contributed by atoms with Crippen molar-refractivity contribution in [2.45, 2.75) is 68.6 Å². The summed E-state index contributed by atoms with van der Waals surface area (Å²) in [6.45, 7) is 6.15. The highest BCUT2D eigenvalue weighted by Crippen LogP contribution is 2.29. The van der Waals surface area contributed by atoms with E-state index in [-0.39, 0.29) is 5.91 Å². The molecule has 1 aromatic heterocycles. The van der Waals surface area contributed by atoms with Crippen molar-refractivity contribution >= 4 is 34.1 Å². The number of anilines is 1.